The molecular weight excluding hydrogens is 270 g/mol. The number of hydrogen-bond donors (Lipinski definition) is 1. The van der Waals surface area contributed by atoms with Crippen LogP contribution in [-0.2, 0) is 0 Å². The Kier molecular flexibility index (Phi) is 6.00. The molecule has 1 aromatic heterocycles. The Bertz CT molecular complexity index is 327. The van der Waals surface area contributed by atoms with Crippen LogP contribution in [0.1, 0.15) is 37.1 Å². The van der Waals surface area contributed by atoms with Crippen LogP contribution in [-0.4, -0.2) is 6.54 Å². The number of nitrogens with one attached hydrogen (secondary N) is 1. The van der Waals surface area contributed by atoms with E-state index in [0.717, 1.165) is 25.8 Å². The predicted molar refractivity (Wildman–Crippen MR) is 71.1 cm³/mol. The van der Waals surface area contributed by atoms with Gasteiger partial charge < -0.3 is 5.32 Å². The topological polar surface area (TPSA) is 12.0 Å². The predicted octanol–water partition coefficient (Wildman–Crippen LogP) is 3.96. The van der Waals surface area contributed by atoms with Gasteiger partial charge in [0.1, 0.15) is 0 Å². The molecule has 1 unspecified atom stereocenters. The normalized spacial score (nSPS) is 12.3. The zero-order chi connectivity index (χ0) is 11.1. The standard InChI is InChI=1S/C12H16BrNS/c1-3-5-6-7-10(14-4-2)11-8-9-12(13)15-11/h1,8-10,14H,4-7H2,2H3. The van der Waals surface area contributed by atoms with Gasteiger partial charge in [0.25, 0.3) is 0 Å². The second-order valence-electron chi connectivity index (χ2n) is 3.35. The van der Waals surface area contributed by atoms with E-state index in [4.69, 9.17) is 6.42 Å². The molecule has 0 saturated heterocycles. The first-order valence-corrected chi connectivity index (χ1v) is 6.81. The highest BCUT2D eigenvalue weighted by Gasteiger charge is 2.11. The van der Waals surface area contributed by atoms with E-state index in [1.54, 1.807) is 11.3 Å². The van der Waals surface area contributed by atoms with Crippen LogP contribution < -0.4 is 5.32 Å². The summed E-state index contributed by atoms with van der Waals surface area (Å²) in [6.45, 7) is 3.13. The number of thiophene rings is 1. The fraction of sp³-hybridized carbons (Fsp3) is 0.500. The summed E-state index contributed by atoms with van der Waals surface area (Å²) >= 11 is 5.29. The quantitative estimate of drug-likeness (QED) is 0.616. The summed E-state index contributed by atoms with van der Waals surface area (Å²) < 4.78 is 1.19. The highest BCUT2D eigenvalue weighted by Crippen LogP contribution is 2.29. The Morgan fingerprint density at radius 1 is 1.60 bits per heavy atom. The molecule has 0 aliphatic carbocycles. The summed E-state index contributed by atoms with van der Waals surface area (Å²) in [6, 6.07) is 4.74. The molecule has 0 spiro atoms. The number of terminal acetylenes is 1. The summed E-state index contributed by atoms with van der Waals surface area (Å²) in [5, 5.41) is 3.49. The van der Waals surface area contributed by atoms with E-state index in [-0.39, 0.29) is 0 Å². The monoisotopic (exact) mass is 285 g/mol. The smallest absolute Gasteiger partial charge is 0.0701 e. The largest absolute Gasteiger partial charge is 0.310 e. The molecule has 0 saturated carbocycles. The fourth-order valence-corrected chi connectivity index (χ4v) is 3.05. The van der Waals surface area contributed by atoms with Crippen LogP contribution >= 0.6 is 27.3 Å². The van der Waals surface area contributed by atoms with Gasteiger partial charge in [0, 0.05) is 17.3 Å². The van der Waals surface area contributed by atoms with Gasteiger partial charge in [-0.2, -0.15) is 0 Å². The molecule has 3 heteroatoms. The zero-order valence-corrected chi connectivity index (χ0v) is 11.3. The van der Waals surface area contributed by atoms with Crippen molar-refractivity contribution in [3.63, 3.8) is 0 Å². The van der Waals surface area contributed by atoms with Gasteiger partial charge in [-0.05, 0) is 47.4 Å². The van der Waals surface area contributed by atoms with Crippen molar-refractivity contribution in [3.05, 3.63) is 20.8 Å². The Balaban J connectivity index is 2.54. The molecule has 82 valence electrons. The third-order valence-corrected chi connectivity index (χ3v) is 3.94. The minimum Gasteiger partial charge on any atom is -0.310 e. The average Bonchev–Trinajstić information content (AvgIpc) is 2.64. The lowest BCUT2D eigenvalue weighted by Crippen LogP contribution is -2.19. The molecule has 1 rings (SSSR count). The average molecular weight is 286 g/mol. The van der Waals surface area contributed by atoms with Crippen LogP contribution in [0.3, 0.4) is 0 Å². The first-order valence-electron chi connectivity index (χ1n) is 5.20. The molecule has 1 atom stereocenters. The molecule has 0 bridgehead atoms. The summed E-state index contributed by atoms with van der Waals surface area (Å²) in [7, 11) is 0. The van der Waals surface area contributed by atoms with Crippen LogP contribution in [0.5, 0.6) is 0 Å². The molecule has 0 aliphatic heterocycles. The van der Waals surface area contributed by atoms with Gasteiger partial charge in [-0.3, -0.25) is 0 Å². The Morgan fingerprint density at radius 2 is 2.40 bits per heavy atom. The van der Waals surface area contributed by atoms with Gasteiger partial charge in [-0.15, -0.1) is 23.7 Å². The third kappa shape index (κ3) is 4.38. The fourth-order valence-electron chi connectivity index (χ4n) is 1.52. The van der Waals surface area contributed by atoms with Crippen molar-refractivity contribution >= 4 is 27.3 Å². The summed E-state index contributed by atoms with van der Waals surface area (Å²) in [5.41, 5.74) is 0. The summed E-state index contributed by atoms with van der Waals surface area (Å²) in [6.07, 6.45) is 8.33. The lowest BCUT2D eigenvalue weighted by molar-refractivity contribution is 0.509. The van der Waals surface area contributed by atoms with E-state index in [2.05, 4.69) is 46.2 Å². The molecule has 0 amide bonds. The Hall–Kier alpha value is -0.300. The molecule has 15 heavy (non-hydrogen) atoms. The molecular formula is C12H16BrNS. The Morgan fingerprint density at radius 3 is 2.93 bits per heavy atom. The van der Waals surface area contributed by atoms with Crippen molar-refractivity contribution in [3.8, 4) is 12.3 Å². The summed E-state index contributed by atoms with van der Waals surface area (Å²) in [5.74, 6) is 2.69. The minimum absolute atomic E-state index is 0.458. The van der Waals surface area contributed by atoms with Crippen LogP contribution in [0.2, 0.25) is 0 Å². The number of rotatable bonds is 6. The maximum absolute atomic E-state index is 5.26. The molecule has 1 N–H and O–H groups in total. The van der Waals surface area contributed by atoms with Crippen LogP contribution in [0.25, 0.3) is 0 Å². The van der Waals surface area contributed by atoms with E-state index in [1.807, 2.05) is 0 Å². The number of halogens is 1. The lowest BCUT2D eigenvalue weighted by atomic mass is 10.1. The van der Waals surface area contributed by atoms with Crippen molar-refractivity contribution in [2.45, 2.75) is 32.2 Å². The van der Waals surface area contributed by atoms with Crippen molar-refractivity contribution in [1.29, 1.82) is 0 Å². The van der Waals surface area contributed by atoms with E-state index < -0.39 is 0 Å². The Labute approximate surface area is 104 Å². The SMILES string of the molecule is C#CCCCC(NCC)c1ccc(Br)s1. The molecule has 1 aromatic rings. The number of unbranched alkanes of at least 4 members (excludes halogenated alkanes) is 1. The molecule has 0 fully saturated rings. The highest BCUT2D eigenvalue weighted by atomic mass is 79.9. The maximum atomic E-state index is 5.26. The third-order valence-electron chi connectivity index (χ3n) is 2.20. The van der Waals surface area contributed by atoms with Gasteiger partial charge >= 0.3 is 0 Å². The molecule has 0 aliphatic rings. The first-order chi connectivity index (χ1) is 7.27. The molecule has 1 nitrogen and oxygen atoms in total. The van der Waals surface area contributed by atoms with Gasteiger partial charge in [0.15, 0.2) is 0 Å². The van der Waals surface area contributed by atoms with E-state index >= 15 is 0 Å². The lowest BCUT2D eigenvalue weighted by Gasteiger charge is -2.15. The van der Waals surface area contributed by atoms with Crippen molar-refractivity contribution < 1.29 is 0 Å². The first kappa shape index (κ1) is 12.8. The maximum Gasteiger partial charge on any atom is 0.0701 e. The van der Waals surface area contributed by atoms with Crippen molar-refractivity contribution in [2.24, 2.45) is 0 Å². The van der Waals surface area contributed by atoms with Crippen molar-refractivity contribution in [2.75, 3.05) is 6.54 Å². The second-order valence-corrected chi connectivity index (χ2v) is 5.84. The minimum atomic E-state index is 0.458. The zero-order valence-electron chi connectivity index (χ0n) is 8.92. The van der Waals surface area contributed by atoms with Crippen molar-refractivity contribution in [1.82, 2.24) is 5.32 Å². The van der Waals surface area contributed by atoms with Gasteiger partial charge in [-0.1, -0.05) is 6.92 Å². The number of hydrogen-bond acceptors (Lipinski definition) is 2. The summed E-state index contributed by atoms with van der Waals surface area (Å²) in [4.78, 5) is 1.39. The van der Waals surface area contributed by atoms with Gasteiger partial charge in [-0.25, -0.2) is 0 Å². The van der Waals surface area contributed by atoms with E-state index in [1.165, 1.54) is 8.66 Å². The molecule has 1 heterocycles. The van der Waals surface area contributed by atoms with Crippen LogP contribution in [0, 0.1) is 12.3 Å². The van der Waals surface area contributed by atoms with E-state index in [9.17, 15) is 0 Å². The van der Waals surface area contributed by atoms with Crippen LogP contribution in [0.4, 0.5) is 0 Å². The van der Waals surface area contributed by atoms with E-state index in [0.29, 0.717) is 6.04 Å². The second kappa shape index (κ2) is 7.05. The highest BCUT2D eigenvalue weighted by molar-refractivity contribution is 9.11. The molecule has 0 aromatic carbocycles. The molecule has 0 radical (unpaired) electrons. The van der Waals surface area contributed by atoms with Crippen LogP contribution in [0.15, 0.2) is 15.9 Å². The van der Waals surface area contributed by atoms with Gasteiger partial charge in [0.2, 0.25) is 0 Å². The van der Waals surface area contributed by atoms with Gasteiger partial charge in [0.05, 0.1) is 3.79 Å².